The number of carbonyl (C=O) groups excluding carboxylic acids is 1. The van der Waals surface area contributed by atoms with Gasteiger partial charge in [0.2, 0.25) is 0 Å². The van der Waals surface area contributed by atoms with Gasteiger partial charge in [-0.15, -0.1) is 0 Å². The van der Waals surface area contributed by atoms with Crippen molar-refractivity contribution in [3.63, 3.8) is 0 Å². The SMILES string of the molecule is CCC1CC2/C(=C\c3ccc(C)cc3)C(=O)C1(C)C2(C)C. The summed E-state index contributed by atoms with van der Waals surface area (Å²) in [6.45, 7) is 11.1. The molecule has 0 aliphatic heterocycles. The molecule has 0 saturated heterocycles. The minimum Gasteiger partial charge on any atom is -0.294 e. The second-order valence-corrected chi connectivity index (χ2v) is 7.66. The van der Waals surface area contributed by atoms with Crippen molar-refractivity contribution in [2.75, 3.05) is 0 Å². The van der Waals surface area contributed by atoms with Gasteiger partial charge in [-0.2, -0.15) is 0 Å². The first-order valence-electron chi connectivity index (χ1n) is 8.15. The van der Waals surface area contributed by atoms with Gasteiger partial charge in [0.15, 0.2) is 5.78 Å². The quantitative estimate of drug-likeness (QED) is 0.694. The summed E-state index contributed by atoms with van der Waals surface area (Å²) in [5, 5.41) is 0. The Morgan fingerprint density at radius 3 is 2.33 bits per heavy atom. The second kappa shape index (κ2) is 4.56. The third-order valence-corrected chi connectivity index (χ3v) is 6.55. The summed E-state index contributed by atoms with van der Waals surface area (Å²) in [7, 11) is 0. The Kier molecular flexibility index (Phi) is 3.16. The molecule has 1 heteroatoms. The van der Waals surface area contributed by atoms with Crippen LogP contribution in [-0.2, 0) is 4.79 Å². The van der Waals surface area contributed by atoms with E-state index < -0.39 is 0 Å². The van der Waals surface area contributed by atoms with Crippen LogP contribution in [-0.4, -0.2) is 5.78 Å². The molecule has 1 aromatic carbocycles. The third-order valence-electron chi connectivity index (χ3n) is 6.55. The molecule has 1 nitrogen and oxygen atoms in total. The molecule has 0 spiro atoms. The zero-order chi connectivity index (χ0) is 15.4. The lowest BCUT2D eigenvalue weighted by Crippen LogP contribution is -2.38. The number of aryl methyl sites for hydroxylation is 1. The molecule has 21 heavy (non-hydrogen) atoms. The summed E-state index contributed by atoms with van der Waals surface area (Å²) in [5.41, 5.74) is 3.39. The maximum absolute atomic E-state index is 13.1. The van der Waals surface area contributed by atoms with Gasteiger partial charge in [0.05, 0.1) is 0 Å². The lowest BCUT2D eigenvalue weighted by atomic mass is 9.65. The number of hydrogen-bond acceptors (Lipinski definition) is 1. The average molecular weight is 282 g/mol. The molecule has 3 atom stereocenters. The monoisotopic (exact) mass is 282 g/mol. The molecule has 3 rings (SSSR count). The van der Waals surface area contributed by atoms with Crippen molar-refractivity contribution in [2.45, 2.75) is 47.5 Å². The van der Waals surface area contributed by atoms with E-state index in [2.05, 4.69) is 65.0 Å². The average Bonchev–Trinajstić information content (AvgIpc) is 2.73. The fourth-order valence-electron chi connectivity index (χ4n) is 4.74. The highest BCUT2D eigenvalue weighted by Gasteiger charge is 2.67. The molecule has 2 saturated carbocycles. The summed E-state index contributed by atoms with van der Waals surface area (Å²) in [5.74, 6) is 1.36. The van der Waals surface area contributed by atoms with Crippen molar-refractivity contribution in [1.29, 1.82) is 0 Å². The Balaban J connectivity index is 2.04. The van der Waals surface area contributed by atoms with Crippen LogP contribution in [0.1, 0.15) is 51.7 Å². The Bertz CT molecular complexity index is 605. The van der Waals surface area contributed by atoms with Gasteiger partial charge in [-0.3, -0.25) is 4.79 Å². The zero-order valence-electron chi connectivity index (χ0n) is 13.9. The van der Waals surface area contributed by atoms with Gasteiger partial charge < -0.3 is 0 Å². The predicted molar refractivity (Wildman–Crippen MR) is 87.9 cm³/mol. The fourth-order valence-corrected chi connectivity index (χ4v) is 4.74. The first-order valence-corrected chi connectivity index (χ1v) is 8.15. The maximum atomic E-state index is 13.1. The minimum atomic E-state index is -0.178. The van der Waals surface area contributed by atoms with Crippen LogP contribution in [0, 0.1) is 29.6 Å². The van der Waals surface area contributed by atoms with Crippen molar-refractivity contribution in [3.05, 3.63) is 41.0 Å². The van der Waals surface area contributed by atoms with E-state index in [1.54, 1.807) is 0 Å². The van der Waals surface area contributed by atoms with Crippen LogP contribution in [0.3, 0.4) is 0 Å². The van der Waals surface area contributed by atoms with Crippen molar-refractivity contribution >= 4 is 11.9 Å². The smallest absolute Gasteiger partial charge is 0.165 e. The van der Waals surface area contributed by atoms with Crippen molar-refractivity contribution in [2.24, 2.45) is 22.7 Å². The van der Waals surface area contributed by atoms with Gasteiger partial charge >= 0.3 is 0 Å². The largest absolute Gasteiger partial charge is 0.294 e. The molecule has 1 aromatic rings. The first-order chi connectivity index (χ1) is 9.82. The summed E-state index contributed by atoms with van der Waals surface area (Å²) in [6.07, 6.45) is 4.43. The number of ketones is 1. The van der Waals surface area contributed by atoms with Crippen LogP contribution in [0.2, 0.25) is 0 Å². The minimum absolute atomic E-state index is 0.0846. The molecule has 0 amide bonds. The first kappa shape index (κ1) is 14.6. The molecule has 0 heterocycles. The van der Waals surface area contributed by atoms with Gasteiger partial charge in [0.1, 0.15) is 0 Å². The van der Waals surface area contributed by atoms with Crippen molar-refractivity contribution in [1.82, 2.24) is 0 Å². The highest BCUT2D eigenvalue weighted by Crippen LogP contribution is 2.68. The predicted octanol–water partition coefficient (Wildman–Crippen LogP) is 5.04. The van der Waals surface area contributed by atoms with E-state index >= 15 is 0 Å². The zero-order valence-corrected chi connectivity index (χ0v) is 13.9. The molecule has 0 radical (unpaired) electrons. The lowest BCUT2D eigenvalue weighted by Gasteiger charge is -2.36. The molecular formula is C20H26O. The number of rotatable bonds is 2. The van der Waals surface area contributed by atoms with Crippen LogP contribution in [0.15, 0.2) is 29.8 Å². The number of fused-ring (bicyclic) bond motifs is 2. The van der Waals surface area contributed by atoms with E-state index in [0.717, 1.165) is 17.6 Å². The molecular weight excluding hydrogens is 256 g/mol. The number of hydrogen-bond donors (Lipinski definition) is 0. The second-order valence-electron chi connectivity index (χ2n) is 7.66. The van der Waals surface area contributed by atoms with E-state index in [9.17, 15) is 4.79 Å². The Hall–Kier alpha value is -1.37. The Morgan fingerprint density at radius 1 is 1.19 bits per heavy atom. The third kappa shape index (κ3) is 1.79. The lowest BCUT2D eigenvalue weighted by molar-refractivity contribution is -0.128. The van der Waals surface area contributed by atoms with Gasteiger partial charge in [-0.25, -0.2) is 0 Å². The molecule has 0 aromatic heterocycles. The maximum Gasteiger partial charge on any atom is 0.165 e. The summed E-state index contributed by atoms with van der Waals surface area (Å²) >= 11 is 0. The van der Waals surface area contributed by atoms with Crippen LogP contribution in [0.25, 0.3) is 6.08 Å². The van der Waals surface area contributed by atoms with Gasteiger partial charge in [-0.05, 0) is 47.8 Å². The fraction of sp³-hybridized carbons (Fsp3) is 0.550. The van der Waals surface area contributed by atoms with Gasteiger partial charge in [-0.1, -0.05) is 63.9 Å². The van der Waals surface area contributed by atoms with Crippen LogP contribution in [0.4, 0.5) is 0 Å². The Morgan fingerprint density at radius 2 is 1.81 bits per heavy atom. The standard InChI is InChI=1S/C20H26O/c1-6-15-12-17-16(11-14-9-7-13(2)8-10-14)18(21)20(15,5)19(17,3)4/h7-11,15,17H,6,12H2,1-5H3/b16-11+. The van der Waals surface area contributed by atoms with E-state index in [-0.39, 0.29) is 10.8 Å². The van der Waals surface area contributed by atoms with Crippen LogP contribution >= 0.6 is 0 Å². The van der Waals surface area contributed by atoms with Gasteiger partial charge in [0, 0.05) is 5.41 Å². The molecule has 0 N–H and O–H groups in total. The number of carbonyl (C=O) groups is 1. The van der Waals surface area contributed by atoms with E-state index in [1.165, 1.54) is 12.0 Å². The molecule has 3 unspecified atom stereocenters. The highest BCUT2D eigenvalue weighted by molar-refractivity contribution is 6.08. The van der Waals surface area contributed by atoms with Crippen LogP contribution in [0.5, 0.6) is 0 Å². The molecule has 112 valence electrons. The van der Waals surface area contributed by atoms with E-state index in [1.807, 2.05) is 0 Å². The summed E-state index contributed by atoms with van der Waals surface area (Å²) in [4.78, 5) is 13.1. The number of Topliss-reactive ketones (excluding diaryl/α,β-unsaturated/α-hetero) is 1. The topological polar surface area (TPSA) is 17.1 Å². The molecule has 2 aliphatic rings. The van der Waals surface area contributed by atoms with Gasteiger partial charge in [0.25, 0.3) is 0 Å². The van der Waals surface area contributed by atoms with Crippen molar-refractivity contribution < 1.29 is 4.79 Å². The number of benzene rings is 1. The highest BCUT2D eigenvalue weighted by atomic mass is 16.1. The molecule has 2 aliphatic carbocycles. The normalized spacial score (nSPS) is 35.7. The Labute approximate surface area is 128 Å². The van der Waals surface area contributed by atoms with E-state index in [0.29, 0.717) is 17.6 Å². The molecule has 2 bridgehead atoms. The number of allylic oxidation sites excluding steroid dienone is 1. The molecule has 2 fully saturated rings. The van der Waals surface area contributed by atoms with Crippen molar-refractivity contribution in [3.8, 4) is 0 Å². The summed E-state index contributed by atoms with van der Waals surface area (Å²) < 4.78 is 0. The van der Waals surface area contributed by atoms with Crippen LogP contribution < -0.4 is 0 Å². The van der Waals surface area contributed by atoms with E-state index in [4.69, 9.17) is 0 Å². The summed E-state index contributed by atoms with van der Waals surface area (Å²) in [6, 6.07) is 8.47.